The fourth-order valence-electron chi connectivity index (χ4n) is 6.53. The Morgan fingerprint density at radius 1 is 1.02 bits per heavy atom. The summed E-state index contributed by atoms with van der Waals surface area (Å²) in [5, 5.41) is 27.5. The maximum absolute atomic E-state index is 12.1. The number of pyridine rings is 2. The van der Waals surface area contributed by atoms with Crippen molar-refractivity contribution in [3.8, 4) is 45.1 Å². The minimum atomic E-state index is -1.10. The van der Waals surface area contributed by atoms with Gasteiger partial charge in [-0.05, 0) is 43.7 Å². The predicted molar refractivity (Wildman–Crippen MR) is 207 cm³/mol. The number of methoxy groups -OCH3 is 2. The molecule has 2 aromatic heterocycles. The topological polar surface area (TPSA) is 146 Å². The molecular weight excluding hydrogens is 741 g/mol. The minimum absolute atomic E-state index is 0.0674. The van der Waals surface area contributed by atoms with E-state index in [1.54, 1.807) is 38.4 Å². The van der Waals surface area contributed by atoms with Crippen LogP contribution in [0.2, 0.25) is 15.1 Å². The number of aliphatic hydroxyl groups is 1. The van der Waals surface area contributed by atoms with Crippen LogP contribution in [0, 0.1) is 0 Å². The Hall–Kier alpha value is -4.65. The molecule has 0 radical (unpaired) electrons. The number of hydrogen-bond acceptors (Lipinski definition) is 8. The van der Waals surface area contributed by atoms with Crippen LogP contribution in [0.4, 0.5) is 4.79 Å². The van der Waals surface area contributed by atoms with Gasteiger partial charge in [-0.2, -0.15) is 0 Å². The number of nitrogens with zero attached hydrogens (tertiary/aromatic N) is 3. The van der Waals surface area contributed by atoms with Crippen LogP contribution in [-0.2, 0) is 17.9 Å². The van der Waals surface area contributed by atoms with Crippen LogP contribution < -0.4 is 20.1 Å². The van der Waals surface area contributed by atoms with Crippen LogP contribution in [0.1, 0.15) is 30.9 Å². The number of rotatable bonds is 13. The summed E-state index contributed by atoms with van der Waals surface area (Å²) in [4.78, 5) is 34.5. The Labute approximate surface area is 321 Å². The van der Waals surface area contributed by atoms with E-state index in [-0.39, 0.29) is 25.0 Å². The van der Waals surface area contributed by atoms with Gasteiger partial charge in [0.2, 0.25) is 5.91 Å². The predicted octanol–water partition coefficient (Wildman–Crippen LogP) is 7.84. The Bertz CT molecular complexity index is 2180. The van der Waals surface area contributed by atoms with Gasteiger partial charge in [-0.1, -0.05) is 65.1 Å². The maximum Gasteiger partial charge on any atom is 0.407 e. The lowest BCUT2D eigenvalue weighted by Gasteiger charge is -2.24. The van der Waals surface area contributed by atoms with Crippen molar-refractivity contribution in [3.63, 3.8) is 0 Å². The number of carbonyl (C=O) groups excluding carboxylic acids is 1. The molecule has 276 valence electrons. The number of halogens is 3. The molecular formula is C39H38Cl3N5O6. The highest BCUT2D eigenvalue weighted by atomic mass is 35.5. The molecule has 2 atom stereocenters. The summed E-state index contributed by atoms with van der Waals surface area (Å²) in [7, 11) is 3.11. The smallest absolute Gasteiger partial charge is 0.407 e. The quantitative estimate of drug-likeness (QED) is 0.0940. The van der Waals surface area contributed by atoms with Crippen molar-refractivity contribution in [1.82, 2.24) is 25.5 Å². The molecule has 2 amide bonds. The first-order valence-corrected chi connectivity index (χ1v) is 18.1. The molecule has 3 heterocycles. The van der Waals surface area contributed by atoms with E-state index < -0.39 is 12.2 Å². The first kappa shape index (κ1) is 38.1. The van der Waals surface area contributed by atoms with Crippen LogP contribution in [0.5, 0.6) is 11.5 Å². The molecule has 6 rings (SSSR count). The molecule has 0 bridgehead atoms. The average molecular weight is 779 g/mol. The highest BCUT2D eigenvalue weighted by molar-refractivity contribution is 6.39. The molecule has 4 N–H and O–H groups in total. The van der Waals surface area contributed by atoms with E-state index in [0.717, 1.165) is 10.9 Å². The second kappa shape index (κ2) is 16.6. The number of nitrogens with one attached hydrogen (secondary N) is 2. The number of benzene rings is 3. The Morgan fingerprint density at radius 3 is 2.49 bits per heavy atom. The third-order valence-corrected chi connectivity index (χ3v) is 10.2. The van der Waals surface area contributed by atoms with Gasteiger partial charge in [0.25, 0.3) is 0 Å². The second-order valence-electron chi connectivity index (χ2n) is 12.8. The van der Waals surface area contributed by atoms with Crippen molar-refractivity contribution >= 4 is 57.7 Å². The van der Waals surface area contributed by atoms with Crippen molar-refractivity contribution in [2.24, 2.45) is 0 Å². The molecule has 3 aromatic carbocycles. The zero-order valence-electron chi connectivity index (χ0n) is 29.3. The molecule has 53 heavy (non-hydrogen) atoms. The van der Waals surface area contributed by atoms with Crippen LogP contribution in [0.3, 0.4) is 0 Å². The van der Waals surface area contributed by atoms with Gasteiger partial charge >= 0.3 is 6.09 Å². The lowest BCUT2D eigenvalue weighted by atomic mass is 9.98. The van der Waals surface area contributed by atoms with Gasteiger partial charge < -0.3 is 35.2 Å². The molecule has 2 unspecified atom stereocenters. The van der Waals surface area contributed by atoms with Gasteiger partial charge in [-0.3, -0.25) is 9.78 Å². The summed E-state index contributed by atoms with van der Waals surface area (Å²) in [5.41, 5.74) is 5.79. The Kier molecular flexibility index (Phi) is 11.9. The molecule has 0 aliphatic carbocycles. The van der Waals surface area contributed by atoms with E-state index in [4.69, 9.17) is 49.3 Å². The first-order valence-electron chi connectivity index (χ1n) is 16.9. The summed E-state index contributed by atoms with van der Waals surface area (Å²) in [5.74, 6) is 1.03. The van der Waals surface area contributed by atoms with E-state index in [1.807, 2.05) is 42.5 Å². The average Bonchev–Trinajstić information content (AvgIpc) is 3.56. The van der Waals surface area contributed by atoms with Crippen LogP contribution in [0.25, 0.3) is 44.5 Å². The number of aromatic nitrogens is 2. The van der Waals surface area contributed by atoms with Crippen LogP contribution in [-0.4, -0.2) is 76.5 Å². The summed E-state index contributed by atoms with van der Waals surface area (Å²) in [6, 6.07) is 18.1. The first-order chi connectivity index (χ1) is 25.5. The summed E-state index contributed by atoms with van der Waals surface area (Å²) >= 11 is 20.9. The third-order valence-electron chi connectivity index (χ3n) is 9.09. The minimum Gasteiger partial charge on any atom is -0.496 e. The van der Waals surface area contributed by atoms with Crippen molar-refractivity contribution in [2.75, 3.05) is 27.3 Å². The van der Waals surface area contributed by atoms with Crippen molar-refractivity contribution in [2.45, 2.75) is 45.0 Å². The molecule has 1 saturated heterocycles. The van der Waals surface area contributed by atoms with Gasteiger partial charge in [0, 0.05) is 77.1 Å². The largest absolute Gasteiger partial charge is 0.496 e. The van der Waals surface area contributed by atoms with Gasteiger partial charge in [0.05, 0.1) is 58.8 Å². The standard InChI is InChI=1S/C39H38Cl3N5O6/c1-21(48)17-43-18-24-15-30(40)37-29(38(24)53-3)10-11-31(46-37)28-6-4-5-26(34(28)41)27-13-14-44-36(35(27)42)22-7-8-23(32(16-22)52-2)19-47(39(50)51)20-25-9-12-33(49)45-25/h4-8,10-11,13-16,21,25,43,48H,9,12,17-20H2,1-3H3,(H,45,49)(H,50,51). The van der Waals surface area contributed by atoms with Crippen molar-refractivity contribution in [1.29, 1.82) is 0 Å². The van der Waals surface area contributed by atoms with Gasteiger partial charge in [-0.25, -0.2) is 9.78 Å². The van der Waals surface area contributed by atoms with Crippen molar-refractivity contribution < 1.29 is 29.3 Å². The zero-order valence-corrected chi connectivity index (χ0v) is 31.5. The number of carboxylic acid groups (broad SMARTS) is 1. The van der Waals surface area contributed by atoms with E-state index in [0.29, 0.717) is 97.2 Å². The number of aliphatic hydroxyl groups excluding tert-OH is 1. The molecule has 5 aromatic rings. The molecule has 1 aliphatic heterocycles. The number of amides is 2. The lowest BCUT2D eigenvalue weighted by Crippen LogP contribution is -2.41. The molecule has 1 fully saturated rings. The molecule has 0 spiro atoms. The van der Waals surface area contributed by atoms with Crippen molar-refractivity contribution in [3.05, 3.63) is 93.1 Å². The summed E-state index contributed by atoms with van der Waals surface area (Å²) in [6.07, 6.45) is 1.03. The fraction of sp³-hybridized carbons (Fsp3) is 0.282. The van der Waals surface area contributed by atoms with E-state index >= 15 is 0 Å². The Morgan fingerprint density at radius 2 is 1.79 bits per heavy atom. The van der Waals surface area contributed by atoms with Gasteiger partial charge in [0.15, 0.2) is 0 Å². The number of fused-ring (bicyclic) bond motifs is 1. The van der Waals surface area contributed by atoms with E-state index in [1.165, 1.54) is 12.0 Å². The number of hydrogen-bond donors (Lipinski definition) is 4. The van der Waals surface area contributed by atoms with Crippen LogP contribution >= 0.6 is 34.8 Å². The summed E-state index contributed by atoms with van der Waals surface area (Å²) < 4.78 is 11.4. The fourth-order valence-corrected chi connectivity index (χ4v) is 7.45. The SMILES string of the molecule is COc1cc(-c2nccc(-c3cccc(-c4ccc5c(OC)c(CNCC(C)O)cc(Cl)c5n4)c3Cl)c2Cl)ccc1CN(CC1CCC(=O)N1)C(=O)O. The molecule has 14 heteroatoms. The molecule has 11 nitrogen and oxygen atoms in total. The van der Waals surface area contributed by atoms with E-state index in [2.05, 4.69) is 15.6 Å². The Balaban J connectivity index is 1.30. The monoisotopic (exact) mass is 777 g/mol. The highest BCUT2D eigenvalue weighted by Gasteiger charge is 2.26. The van der Waals surface area contributed by atoms with Gasteiger partial charge in [-0.15, -0.1) is 0 Å². The van der Waals surface area contributed by atoms with E-state index in [9.17, 15) is 19.8 Å². The normalized spacial score (nSPS) is 14.6. The third kappa shape index (κ3) is 8.30. The summed E-state index contributed by atoms with van der Waals surface area (Å²) in [6.45, 7) is 2.83. The van der Waals surface area contributed by atoms with Crippen LogP contribution in [0.15, 0.2) is 66.9 Å². The highest BCUT2D eigenvalue weighted by Crippen LogP contribution is 2.43. The van der Waals surface area contributed by atoms with Gasteiger partial charge in [0.1, 0.15) is 11.5 Å². The molecule has 0 saturated carbocycles. The lowest BCUT2D eigenvalue weighted by molar-refractivity contribution is -0.119. The number of carbonyl (C=O) groups is 2. The second-order valence-corrected chi connectivity index (χ2v) is 14.0. The maximum atomic E-state index is 12.1. The molecule has 1 aliphatic rings. The zero-order chi connectivity index (χ0) is 37.8. The number of ether oxygens (including phenoxy) is 2.